The summed E-state index contributed by atoms with van der Waals surface area (Å²) >= 11 is 0. The van der Waals surface area contributed by atoms with Crippen LogP contribution in [0.2, 0.25) is 0 Å². The summed E-state index contributed by atoms with van der Waals surface area (Å²) in [6, 6.07) is 5.67. The molecule has 1 atom stereocenters. The van der Waals surface area contributed by atoms with Crippen molar-refractivity contribution in [3.05, 3.63) is 23.8 Å². The van der Waals surface area contributed by atoms with E-state index in [1.54, 1.807) is 7.11 Å². The lowest BCUT2D eigenvalue weighted by atomic mass is 10.0. The molecule has 27 heavy (non-hydrogen) atoms. The number of aryl methyl sites for hydroxylation is 1. The molecule has 1 amide bonds. The molecule has 1 aliphatic rings. The Balaban J connectivity index is 0.00000364. The Bertz CT molecular complexity index is 648. The number of aliphatic carboxylic acids is 1. The van der Waals surface area contributed by atoms with E-state index in [2.05, 4.69) is 10.2 Å². The number of carboxylic acids is 1. The van der Waals surface area contributed by atoms with Crippen molar-refractivity contribution in [2.24, 2.45) is 0 Å². The average molecular weight is 400 g/mol. The number of nitrogens with zero attached hydrogens (tertiary/aromatic N) is 2. The van der Waals surface area contributed by atoms with Gasteiger partial charge in [-0.15, -0.1) is 12.4 Å². The highest BCUT2D eigenvalue weighted by Gasteiger charge is 2.29. The first kappa shape index (κ1) is 23.2. The maximum absolute atomic E-state index is 12.7. The van der Waals surface area contributed by atoms with Gasteiger partial charge in [-0.25, -0.2) is 0 Å². The lowest BCUT2D eigenvalue weighted by Crippen LogP contribution is -2.50. The summed E-state index contributed by atoms with van der Waals surface area (Å²) in [5.74, 6) is -0.230. The van der Waals surface area contributed by atoms with Crippen LogP contribution in [-0.2, 0) is 9.59 Å². The second-order valence-corrected chi connectivity index (χ2v) is 6.94. The van der Waals surface area contributed by atoms with Gasteiger partial charge in [0.25, 0.3) is 0 Å². The monoisotopic (exact) mass is 399 g/mol. The minimum Gasteiger partial charge on any atom is -0.495 e. The number of carboxylic acid groups (broad SMARTS) is 1. The van der Waals surface area contributed by atoms with Crippen LogP contribution in [0.3, 0.4) is 0 Å². The van der Waals surface area contributed by atoms with E-state index in [9.17, 15) is 9.59 Å². The summed E-state index contributed by atoms with van der Waals surface area (Å²) in [5.41, 5.74) is 1.73. The van der Waals surface area contributed by atoms with Gasteiger partial charge in [-0.1, -0.05) is 6.07 Å². The number of anilines is 1. The second-order valence-electron chi connectivity index (χ2n) is 6.94. The first-order chi connectivity index (χ1) is 12.3. The number of hydrogen-bond donors (Lipinski definition) is 2. The number of halogens is 1. The normalized spacial score (nSPS) is 16.5. The van der Waals surface area contributed by atoms with E-state index in [1.165, 1.54) is 0 Å². The molecule has 1 aliphatic heterocycles. The van der Waals surface area contributed by atoms with Crippen LogP contribution in [0.4, 0.5) is 5.69 Å². The molecule has 2 rings (SSSR count). The molecule has 0 spiro atoms. The molecule has 1 aromatic carbocycles. The third-order valence-corrected chi connectivity index (χ3v) is 5.05. The largest absolute Gasteiger partial charge is 0.495 e. The van der Waals surface area contributed by atoms with Crippen molar-refractivity contribution in [3.8, 4) is 5.75 Å². The molecule has 1 saturated heterocycles. The third kappa shape index (κ3) is 6.37. The Morgan fingerprint density at radius 2 is 2.00 bits per heavy atom. The number of carbonyl (C=O) groups excluding carboxylic acids is 1. The third-order valence-electron chi connectivity index (χ3n) is 5.05. The zero-order valence-corrected chi connectivity index (χ0v) is 17.2. The van der Waals surface area contributed by atoms with Gasteiger partial charge in [0.05, 0.1) is 25.4 Å². The molecule has 152 valence electrons. The molecule has 1 fully saturated rings. The standard InChI is InChI=1S/C19H29N3O4.ClH/c1-13-5-6-17(26-4)16(11-13)20-19(25)14(2)22-9-7-15(8-10-22)21(3)12-18(23)24;/h5-6,11,14-15H,7-10,12H2,1-4H3,(H,20,25)(H,23,24);1H. The SMILES string of the molecule is COc1ccc(C)cc1NC(=O)C(C)N1CCC(N(C)CC(=O)O)CC1.Cl. The predicted molar refractivity (Wildman–Crippen MR) is 108 cm³/mol. The molecule has 2 N–H and O–H groups in total. The highest BCUT2D eigenvalue weighted by Crippen LogP contribution is 2.26. The molecule has 1 heterocycles. The summed E-state index contributed by atoms with van der Waals surface area (Å²) in [5, 5.41) is 11.9. The Morgan fingerprint density at radius 3 is 2.56 bits per heavy atom. The Kier molecular flexibility index (Phi) is 9.02. The van der Waals surface area contributed by atoms with Crippen LogP contribution in [-0.4, -0.2) is 72.7 Å². The summed E-state index contributed by atoms with van der Waals surface area (Å²) in [7, 11) is 3.43. The van der Waals surface area contributed by atoms with Gasteiger partial charge in [0.15, 0.2) is 0 Å². The molecular weight excluding hydrogens is 370 g/mol. The van der Waals surface area contributed by atoms with E-state index in [0.717, 1.165) is 31.5 Å². The van der Waals surface area contributed by atoms with Gasteiger partial charge in [0.1, 0.15) is 5.75 Å². The van der Waals surface area contributed by atoms with E-state index in [4.69, 9.17) is 9.84 Å². The number of likely N-dealkylation sites (N-methyl/N-ethyl adjacent to an activating group) is 1. The molecular formula is C19H30ClN3O4. The van der Waals surface area contributed by atoms with Crippen molar-refractivity contribution in [1.29, 1.82) is 0 Å². The quantitative estimate of drug-likeness (QED) is 0.731. The number of likely N-dealkylation sites (tertiary alicyclic amines) is 1. The van der Waals surface area contributed by atoms with Gasteiger partial charge in [0.2, 0.25) is 5.91 Å². The van der Waals surface area contributed by atoms with Gasteiger partial charge in [0, 0.05) is 19.1 Å². The smallest absolute Gasteiger partial charge is 0.317 e. The topological polar surface area (TPSA) is 82.1 Å². The molecule has 1 unspecified atom stereocenters. The Morgan fingerprint density at radius 1 is 1.37 bits per heavy atom. The van der Waals surface area contributed by atoms with Crippen molar-refractivity contribution >= 4 is 30.0 Å². The van der Waals surface area contributed by atoms with E-state index in [1.807, 2.05) is 44.0 Å². The number of hydrogen-bond acceptors (Lipinski definition) is 5. The van der Waals surface area contributed by atoms with Gasteiger partial charge < -0.3 is 15.2 Å². The number of rotatable bonds is 7. The lowest BCUT2D eigenvalue weighted by Gasteiger charge is -2.38. The molecule has 7 nitrogen and oxygen atoms in total. The molecule has 0 aliphatic carbocycles. The number of benzene rings is 1. The molecule has 8 heteroatoms. The highest BCUT2D eigenvalue weighted by molar-refractivity contribution is 5.96. The minimum absolute atomic E-state index is 0. The maximum atomic E-state index is 12.7. The predicted octanol–water partition coefficient (Wildman–Crippen LogP) is 2.23. The van der Waals surface area contributed by atoms with Crippen LogP contribution in [0, 0.1) is 6.92 Å². The van der Waals surface area contributed by atoms with E-state index in [0.29, 0.717) is 11.4 Å². The van der Waals surface area contributed by atoms with Crippen LogP contribution < -0.4 is 10.1 Å². The first-order valence-corrected chi connectivity index (χ1v) is 8.93. The number of amides is 1. The van der Waals surface area contributed by atoms with Gasteiger partial charge in [-0.2, -0.15) is 0 Å². The molecule has 0 aromatic heterocycles. The Labute approximate surface area is 167 Å². The zero-order chi connectivity index (χ0) is 19.3. The Hall–Kier alpha value is -1.83. The highest BCUT2D eigenvalue weighted by atomic mass is 35.5. The second kappa shape index (κ2) is 10.5. The summed E-state index contributed by atoms with van der Waals surface area (Å²) in [6.45, 7) is 5.46. The van der Waals surface area contributed by atoms with Crippen molar-refractivity contribution < 1.29 is 19.4 Å². The molecule has 0 radical (unpaired) electrons. The van der Waals surface area contributed by atoms with Crippen molar-refractivity contribution in [3.63, 3.8) is 0 Å². The number of methoxy groups -OCH3 is 1. The summed E-state index contributed by atoms with van der Waals surface area (Å²) in [4.78, 5) is 27.5. The number of ether oxygens (including phenoxy) is 1. The molecule has 0 bridgehead atoms. The summed E-state index contributed by atoms with van der Waals surface area (Å²) in [6.07, 6.45) is 1.71. The molecule has 1 aromatic rings. The van der Waals surface area contributed by atoms with E-state index < -0.39 is 5.97 Å². The van der Waals surface area contributed by atoms with Crippen LogP contribution in [0.25, 0.3) is 0 Å². The van der Waals surface area contributed by atoms with Gasteiger partial charge in [-0.05, 0) is 51.4 Å². The van der Waals surface area contributed by atoms with E-state index >= 15 is 0 Å². The number of piperidine rings is 1. The van der Waals surface area contributed by atoms with Gasteiger partial charge in [-0.3, -0.25) is 19.4 Å². The fourth-order valence-corrected chi connectivity index (χ4v) is 3.38. The fraction of sp³-hybridized carbons (Fsp3) is 0.579. The van der Waals surface area contributed by atoms with E-state index in [-0.39, 0.29) is 36.9 Å². The fourth-order valence-electron chi connectivity index (χ4n) is 3.38. The van der Waals surface area contributed by atoms with Crippen LogP contribution in [0.15, 0.2) is 18.2 Å². The number of nitrogens with one attached hydrogen (secondary N) is 1. The van der Waals surface area contributed by atoms with Crippen LogP contribution >= 0.6 is 12.4 Å². The average Bonchev–Trinajstić information content (AvgIpc) is 2.60. The first-order valence-electron chi connectivity index (χ1n) is 8.93. The van der Waals surface area contributed by atoms with Crippen LogP contribution in [0.5, 0.6) is 5.75 Å². The summed E-state index contributed by atoms with van der Waals surface area (Å²) < 4.78 is 5.32. The zero-order valence-electron chi connectivity index (χ0n) is 16.4. The van der Waals surface area contributed by atoms with Crippen molar-refractivity contribution in [2.45, 2.75) is 38.8 Å². The molecule has 0 saturated carbocycles. The minimum atomic E-state index is -0.810. The maximum Gasteiger partial charge on any atom is 0.317 e. The van der Waals surface area contributed by atoms with Crippen molar-refractivity contribution in [2.75, 3.05) is 39.1 Å². The van der Waals surface area contributed by atoms with Gasteiger partial charge >= 0.3 is 5.97 Å². The van der Waals surface area contributed by atoms with Crippen molar-refractivity contribution in [1.82, 2.24) is 9.80 Å². The lowest BCUT2D eigenvalue weighted by molar-refractivity contribution is -0.138. The number of carbonyl (C=O) groups is 2. The van der Waals surface area contributed by atoms with Crippen LogP contribution in [0.1, 0.15) is 25.3 Å².